The topological polar surface area (TPSA) is 162 Å². The van der Waals surface area contributed by atoms with E-state index >= 15 is 0 Å². The number of aromatic nitrogens is 4. The summed E-state index contributed by atoms with van der Waals surface area (Å²) in [6, 6.07) is 11.1. The lowest BCUT2D eigenvalue weighted by Gasteiger charge is -2.21. The van der Waals surface area contributed by atoms with Crippen molar-refractivity contribution in [1.82, 2.24) is 30.2 Å². The molecule has 0 spiro atoms. The number of anilines is 1. The normalized spacial score (nSPS) is 23.8. The van der Waals surface area contributed by atoms with Crippen molar-refractivity contribution in [2.24, 2.45) is 0 Å². The van der Waals surface area contributed by atoms with Crippen molar-refractivity contribution in [3.8, 4) is 0 Å². The second-order valence-electron chi connectivity index (χ2n) is 9.25. The number of fused-ring (bicyclic) bond motifs is 2. The lowest BCUT2D eigenvalue weighted by Crippen LogP contribution is -2.36. The van der Waals surface area contributed by atoms with Crippen LogP contribution in [0.3, 0.4) is 0 Å². The first kappa shape index (κ1) is 26.3. The molecule has 0 bridgehead atoms. The van der Waals surface area contributed by atoms with Crippen LogP contribution >= 0.6 is 11.3 Å². The molecule has 208 valence electrons. The maximum atomic E-state index is 12.1. The van der Waals surface area contributed by atoms with Crippen LogP contribution in [0.2, 0.25) is 0 Å². The number of carbonyl (C=O) groups is 2. The average Bonchev–Trinajstić information content (AvgIpc) is 3.74. The summed E-state index contributed by atoms with van der Waals surface area (Å²) in [5.74, 6) is -0.671. The van der Waals surface area contributed by atoms with E-state index in [1.54, 1.807) is 22.3 Å². The van der Waals surface area contributed by atoms with Crippen LogP contribution in [0.25, 0.3) is 11.2 Å². The molecule has 14 heteroatoms. The zero-order valence-electron chi connectivity index (χ0n) is 21.4. The molecule has 1 aromatic carbocycles. The third-order valence-corrected chi connectivity index (χ3v) is 7.67. The van der Waals surface area contributed by atoms with E-state index in [1.165, 1.54) is 17.7 Å². The van der Waals surface area contributed by atoms with Crippen LogP contribution in [-0.2, 0) is 20.8 Å². The molecule has 5 heterocycles. The molecule has 2 amide bonds. The smallest absolute Gasteiger partial charge is 0.346 e. The average molecular weight is 566 g/mol. The number of nitrogens with zero attached hydrogens (tertiary/aromatic N) is 4. The van der Waals surface area contributed by atoms with Gasteiger partial charge in [-0.3, -0.25) is 9.88 Å². The number of carboxylic acids is 1. The SMILES string of the molecule is CCNC(=O)Nc1ncnc2c1ncn2C1OC(CNCc2ccsc2C(=O)O)C2O[C@H](c3ccccc3)OC21. The molecule has 5 atom stereocenters. The van der Waals surface area contributed by atoms with E-state index in [4.69, 9.17) is 14.2 Å². The molecule has 3 aromatic heterocycles. The Labute approximate surface area is 232 Å². The maximum Gasteiger partial charge on any atom is 0.346 e. The Balaban J connectivity index is 1.25. The van der Waals surface area contributed by atoms with E-state index in [0.717, 1.165) is 5.56 Å². The fourth-order valence-corrected chi connectivity index (χ4v) is 5.70. The van der Waals surface area contributed by atoms with Crippen molar-refractivity contribution in [3.05, 3.63) is 70.4 Å². The fraction of sp³-hybridized carbons (Fsp3) is 0.346. The molecule has 0 aliphatic carbocycles. The lowest BCUT2D eigenvalue weighted by atomic mass is 10.1. The Morgan fingerprint density at radius 1 is 1.07 bits per heavy atom. The highest BCUT2D eigenvalue weighted by molar-refractivity contribution is 7.12. The van der Waals surface area contributed by atoms with Gasteiger partial charge in [0, 0.05) is 25.2 Å². The molecule has 13 nitrogen and oxygen atoms in total. The van der Waals surface area contributed by atoms with E-state index < -0.39 is 42.8 Å². The molecule has 4 unspecified atom stereocenters. The second-order valence-corrected chi connectivity index (χ2v) is 10.2. The summed E-state index contributed by atoms with van der Waals surface area (Å²) in [6.07, 6.45) is 0.411. The minimum atomic E-state index is -0.947. The monoisotopic (exact) mass is 565 g/mol. The third-order valence-electron chi connectivity index (χ3n) is 6.72. The van der Waals surface area contributed by atoms with Crippen molar-refractivity contribution in [1.29, 1.82) is 0 Å². The molecule has 2 saturated heterocycles. The Bertz CT molecular complexity index is 1510. The molecule has 2 fully saturated rings. The first-order chi connectivity index (χ1) is 19.5. The minimum Gasteiger partial charge on any atom is -0.477 e. The van der Waals surface area contributed by atoms with Gasteiger partial charge in [-0.25, -0.2) is 24.5 Å². The summed E-state index contributed by atoms with van der Waals surface area (Å²) in [7, 11) is 0. The number of rotatable bonds is 9. The largest absolute Gasteiger partial charge is 0.477 e. The number of aromatic carboxylic acids is 1. The quantitative estimate of drug-likeness (QED) is 0.237. The van der Waals surface area contributed by atoms with E-state index in [1.807, 2.05) is 37.3 Å². The van der Waals surface area contributed by atoms with Gasteiger partial charge in [-0.15, -0.1) is 11.3 Å². The van der Waals surface area contributed by atoms with Crippen LogP contribution in [-0.4, -0.2) is 68.0 Å². The van der Waals surface area contributed by atoms with Gasteiger partial charge < -0.3 is 30.0 Å². The number of nitrogens with one attached hydrogen (secondary N) is 3. The van der Waals surface area contributed by atoms with Gasteiger partial charge >= 0.3 is 12.0 Å². The highest BCUT2D eigenvalue weighted by Gasteiger charge is 2.53. The lowest BCUT2D eigenvalue weighted by molar-refractivity contribution is -0.146. The van der Waals surface area contributed by atoms with Gasteiger partial charge in [-0.1, -0.05) is 30.3 Å². The number of thiophene rings is 1. The van der Waals surface area contributed by atoms with Crippen molar-refractivity contribution >= 4 is 40.3 Å². The van der Waals surface area contributed by atoms with E-state index in [2.05, 4.69) is 30.9 Å². The van der Waals surface area contributed by atoms with Crippen molar-refractivity contribution in [2.45, 2.75) is 44.3 Å². The minimum absolute atomic E-state index is 0.276. The summed E-state index contributed by atoms with van der Waals surface area (Å²) in [4.78, 5) is 37.0. The molecule has 0 saturated carbocycles. The number of ether oxygens (including phenoxy) is 3. The van der Waals surface area contributed by atoms with Gasteiger partial charge in [0.15, 0.2) is 29.5 Å². The zero-order chi connectivity index (χ0) is 27.6. The molecule has 0 radical (unpaired) electrons. The van der Waals surface area contributed by atoms with Gasteiger partial charge in [0.2, 0.25) is 0 Å². The van der Waals surface area contributed by atoms with Gasteiger partial charge in [-0.2, -0.15) is 0 Å². The number of urea groups is 1. The second kappa shape index (κ2) is 11.3. The summed E-state index contributed by atoms with van der Waals surface area (Å²) in [5, 5.41) is 19.9. The van der Waals surface area contributed by atoms with E-state index in [9.17, 15) is 14.7 Å². The third kappa shape index (κ3) is 5.02. The van der Waals surface area contributed by atoms with Gasteiger partial charge in [-0.05, 0) is 23.9 Å². The van der Waals surface area contributed by atoms with E-state index in [-0.39, 0.29) is 5.82 Å². The molecular formula is C26H27N7O6S. The van der Waals surface area contributed by atoms with Crippen LogP contribution in [0, 0.1) is 0 Å². The predicted octanol–water partition coefficient (Wildman–Crippen LogP) is 2.90. The standard InChI is InChI=1S/C26H27N7O6S/c1-2-28-26(36)32-21-17-22(30-12-29-21)33(13-31-17)23-19-18(38-25(39-19)14-6-4-3-5-7-14)16(37-23)11-27-10-15-8-9-40-20(15)24(34)35/h3-9,12-13,16,18-19,23,25,27H,2,10-11H2,1H3,(H,34,35)(H2,28,29,30,32,36)/t16?,18?,19?,23?,25-/m0/s1. The molecule has 2 aliphatic heterocycles. The molecular weight excluding hydrogens is 538 g/mol. The molecule has 40 heavy (non-hydrogen) atoms. The van der Waals surface area contributed by atoms with Crippen LogP contribution in [0.15, 0.2) is 54.4 Å². The summed E-state index contributed by atoms with van der Waals surface area (Å²) >= 11 is 1.19. The highest BCUT2D eigenvalue weighted by atomic mass is 32.1. The zero-order valence-corrected chi connectivity index (χ0v) is 22.2. The Morgan fingerprint density at radius 3 is 2.70 bits per heavy atom. The van der Waals surface area contributed by atoms with Gasteiger partial charge in [0.1, 0.15) is 29.5 Å². The fourth-order valence-electron chi connectivity index (χ4n) is 4.94. The van der Waals surface area contributed by atoms with Gasteiger partial charge in [0.05, 0.1) is 6.33 Å². The van der Waals surface area contributed by atoms with Crippen molar-refractivity contribution in [3.63, 3.8) is 0 Å². The summed E-state index contributed by atoms with van der Waals surface area (Å²) < 4.78 is 21.0. The number of carboxylic acid groups (broad SMARTS) is 1. The number of imidazole rings is 1. The summed E-state index contributed by atoms with van der Waals surface area (Å²) in [5.41, 5.74) is 2.47. The Kier molecular flexibility index (Phi) is 7.40. The maximum absolute atomic E-state index is 12.1. The molecule has 2 aliphatic rings. The molecule has 6 rings (SSSR count). The Hall–Kier alpha value is -3.95. The van der Waals surface area contributed by atoms with Crippen LogP contribution < -0.4 is 16.0 Å². The summed E-state index contributed by atoms with van der Waals surface area (Å²) in [6.45, 7) is 3.04. The Morgan fingerprint density at radius 2 is 1.90 bits per heavy atom. The van der Waals surface area contributed by atoms with Crippen LogP contribution in [0.5, 0.6) is 0 Å². The molecule has 4 aromatic rings. The number of hydrogen-bond acceptors (Lipinski definition) is 10. The van der Waals surface area contributed by atoms with Crippen LogP contribution in [0.4, 0.5) is 10.6 Å². The number of carbonyl (C=O) groups excluding carboxylic acids is 1. The highest BCUT2D eigenvalue weighted by Crippen LogP contribution is 2.44. The first-order valence-corrected chi connectivity index (χ1v) is 13.7. The van der Waals surface area contributed by atoms with E-state index in [0.29, 0.717) is 41.2 Å². The number of benzene rings is 1. The first-order valence-electron chi connectivity index (χ1n) is 12.8. The van der Waals surface area contributed by atoms with Gasteiger partial charge in [0.25, 0.3) is 0 Å². The number of hydrogen-bond donors (Lipinski definition) is 4. The van der Waals surface area contributed by atoms with Crippen molar-refractivity contribution in [2.75, 3.05) is 18.4 Å². The molecule has 4 N–H and O–H groups in total. The number of amides is 2. The van der Waals surface area contributed by atoms with Crippen molar-refractivity contribution < 1.29 is 28.9 Å². The van der Waals surface area contributed by atoms with Crippen LogP contribution in [0.1, 0.15) is 40.2 Å². The predicted molar refractivity (Wildman–Crippen MR) is 144 cm³/mol.